The van der Waals surface area contributed by atoms with Crippen LogP contribution in [0.1, 0.15) is 56.6 Å². The summed E-state index contributed by atoms with van der Waals surface area (Å²) in [6.45, 7) is 9.72. The molecule has 0 aliphatic carbocycles. The molecular formula is C51H48Cl4FN11O6S2. The molecule has 0 bridgehead atoms. The van der Waals surface area contributed by atoms with Gasteiger partial charge in [-0.05, 0) is 56.3 Å². The number of aromatic nitrogens is 8. The van der Waals surface area contributed by atoms with Crippen molar-refractivity contribution in [1.82, 2.24) is 40.3 Å². The second-order valence-corrected chi connectivity index (χ2v) is 25.7. The van der Waals surface area contributed by atoms with E-state index in [1.54, 1.807) is 31.5 Å². The third-order valence-electron chi connectivity index (χ3n) is 12.8. The van der Waals surface area contributed by atoms with Crippen molar-refractivity contribution >= 4 is 99.5 Å². The molecule has 24 heteroatoms. The monoisotopic (exact) mass is 1130 g/mol. The van der Waals surface area contributed by atoms with Gasteiger partial charge in [0.15, 0.2) is 11.6 Å². The lowest BCUT2D eigenvalue weighted by Crippen LogP contribution is -2.58. The summed E-state index contributed by atoms with van der Waals surface area (Å²) in [4.78, 5) is 21.0. The zero-order valence-electron chi connectivity index (χ0n) is 41.2. The molecule has 0 radical (unpaired) electrons. The molecule has 390 valence electrons. The fourth-order valence-corrected chi connectivity index (χ4v) is 14.1. The van der Waals surface area contributed by atoms with E-state index in [1.165, 1.54) is 43.4 Å². The highest BCUT2D eigenvalue weighted by Gasteiger charge is 2.43. The van der Waals surface area contributed by atoms with Crippen molar-refractivity contribution in [3.05, 3.63) is 128 Å². The normalized spacial score (nSPS) is 15.8. The summed E-state index contributed by atoms with van der Waals surface area (Å²) in [5.41, 5.74) is 4.83. The Hall–Kier alpha value is -6.34. The highest BCUT2D eigenvalue weighted by Crippen LogP contribution is 2.41. The van der Waals surface area contributed by atoms with Crippen LogP contribution in [0.5, 0.6) is 11.5 Å². The molecule has 2 aliphatic rings. The minimum Gasteiger partial charge on any atom is -0.486 e. The number of aromatic amines is 2. The summed E-state index contributed by atoms with van der Waals surface area (Å²) < 4.78 is 73.8. The Bertz CT molecular complexity index is 3730. The molecule has 2 saturated heterocycles. The standard InChI is InChI=1S/C26H24Cl2N6O3S.C25H24Cl2FN5O3S/c1-15(23-20(27)10-30-11-21(23)28)37-18-4-5-22-19(7-18)24(33-32-22)17-6-16(8-29)25(31-9-17)34-12-26(2,13-34)14-38(3,35)36;1-14(23-17(26)9-29-10-18(23)27)36-21-6-16-20(7-19(21)28)31-32-24(16)15-4-5-22(30-8-15)33-11-25(2,12-33)13-37(3,34)35/h4-7,9-11,15H,12-14H2,1-3H3,(H,32,33);4-10,14H,11-13H2,1-3H3,(H,31,32)/t15-;14-/m11/s1. The second-order valence-electron chi connectivity index (χ2n) is 19.8. The van der Waals surface area contributed by atoms with Gasteiger partial charge in [-0.25, -0.2) is 31.2 Å². The number of pyridine rings is 4. The average molecular weight is 1140 g/mol. The van der Waals surface area contributed by atoms with Crippen LogP contribution in [-0.4, -0.2) is 107 Å². The maximum absolute atomic E-state index is 14.9. The third-order valence-corrected chi connectivity index (χ3v) is 16.4. The van der Waals surface area contributed by atoms with E-state index in [0.29, 0.717) is 102 Å². The molecule has 0 spiro atoms. The van der Waals surface area contributed by atoms with Gasteiger partial charge in [-0.1, -0.05) is 60.3 Å². The predicted octanol–water partition coefficient (Wildman–Crippen LogP) is 10.7. The van der Waals surface area contributed by atoms with Crippen LogP contribution >= 0.6 is 46.4 Å². The van der Waals surface area contributed by atoms with E-state index >= 15 is 0 Å². The number of nitrogens with zero attached hydrogens (tertiary/aromatic N) is 9. The SMILES string of the molecule is C[C@@H](Oc1cc2c(-c3ccc(N4CC(C)(CS(C)(=O)=O)C4)nc3)n[nH]c2cc1F)c1c(Cl)cncc1Cl.C[C@@H](Oc1ccc2[nH]nc(-c3cnc(N4CC(C)(CS(C)(=O)=O)C4)c(C#N)c3)c2c1)c1c(Cl)cncc1Cl. The molecule has 2 aliphatic heterocycles. The van der Waals surface area contributed by atoms with Crippen molar-refractivity contribution < 1.29 is 30.7 Å². The van der Waals surface area contributed by atoms with E-state index in [2.05, 4.69) is 46.4 Å². The first-order valence-electron chi connectivity index (χ1n) is 23.2. The summed E-state index contributed by atoms with van der Waals surface area (Å²) >= 11 is 25.0. The quantitative estimate of drug-likeness (QED) is 0.103. The number of nitriles is 1. The van der Waals surface area contributed by atoms with Gasteiger partial charge in [0.25, 0.3) is 0 Å². The van der Waals surface area contributed by atoms with Crippen LogP contribution in [0.4, 0.5) is 16.0 Å². The number of fused-ring (bicyclic) bond motifs is 2. The van der Waals surface area contributed by atoms with Gasteiger partial charge in [0.05, 0.1) is 48.2 Å². The van der Waals surface area contributed by atoms with Crippen molar-refractivity contribution in [1.29, 1.82) is 5.26 Å². The zero-order valence-corrected chi connectivity index (χ0v) is 45.8. The van der Waals surface area contributed by atoms with Crippen molar-refractivity contribution in [2.24, 2.45) is 10.8 Å². The Morgan fingerprint density at radius 1 is 0.680 bits per heavy atom. The Labute approximate surface area is 452 Å². The third kappa shape index (κ3) is 11.7. The molecule has 2 N–H and O–H groups in total. The number of hydrogen-bond acceptors (Lipinski definition) is 15. The van der Waals surface area contributed by atoms with Crippen LogP contribution < -0.4 is 19.3 Å². The fraction of sp³-hybridized carbons (Fsp3) is 0.314. The number of hydrogen-bond donors (Lipinski definition) is 2. The summed E-state index contributed by atoms with van der Waals surface area (Å²) in [6.07, 6.45) is 10.8. The maximum atomic E-state index is 14.9. The van der Waals surface area contributed by atoms with E-state index in [9.17, 15) is 26.5 Å². The van der Waals surface area contributed by atoms with Crippen LogP contribution in [0.15, 0.2) is 85.7 Å². The largest absolute Gasteiger partial charge is 0.486 e. The van der Waals surface area contributed by atoms with Crippen LogP contribution in [-0.2, 0) is 19.7 Å². The first kappa shape index (κ1) is 53.5. The minimum atomic E-state index is -3.10. The molecule has 2 atom stereocenters. The lowest BCUT2D eigenvalue weighted by atomic mass is 9.84. The number of ether oxygens (including phenoxy) is 2. The molecule has 2 fully saturated rings. The number of sulfone groups is 2. The maximum Gasteiger partial charge on any atom is 0.167 e. The van der Waals surface area contributed by atoms with Crippen molar-refractivity contribution in [3.63, 3.8) is 0 Å². The van der Waals surface area contributed by atoms with Crippen LogP contribution in [0.2, 0.25) is 20.1 Å². The molecule has 0 saturated carbocycles. The van der Waals surface area contributed by atoms with Gasteiger partial charge in [0.2, 0.25) is 0 Å². The van der Waals surface area contributed by atoms with Crippen molar-refractivity contribution in [2.75, 3.05) is 60.0 Å². The van der Waals surface area contributed by atoms with E-state index < -0.39 is 37.7 Å². The van der Waals surface area contributed by atoms with Gasteiger partial charge < -0.3 is 19.3 Å². The molecule has 8 aromatic rings. The Balaban J connectivity index is 0.000000184. The molecule has 0 unspecified atom stereocenters. The lowest BCUT2D eigenvalue weighted by molar-refractivity contribution is 0.217. The highest BCUT2D eigenvalue weighted by molar-refractivity contribution is 7.90. The first-order valence-corrected chi connectivity index (χ1v) is 28.8. The van der Waals surface area contributed by atoms with E-state index in [0.717, 1.165) is 22.3 Å². The second kappa shape index (κ2) is 20.7. The van der Waals surface area contributed by atoms with Gasteiger partial charge >= 0.3 is 0 Å². The molecule has 0 amide bonds. The van der Waals surface area contributed by atoms with Crippen molar-refractivity contribution in [3.8, 4) is 40.1 Å². The van der Waals surface area contributed by atoms with Gasteiger partial charge in [-0.3, -0.25) is 20.2 Å². The molecule has 2 aromatic carbocycles. The van der Waals surface area contributed by atoms with Gasteiger partial charge in [0.1, 0.15) is 66.7 Å². The predicted molar refractivity (Wildman–Crippen MR) is 290 cm³/mol. The number of anilines is 2. The summed E-state index contributed by atoms with van der Waals surface area (Å²) in [5, 5.41) is 27.5. The summed E-state index contributed by atoms with van der Waals surface area (Å²) in [6, 6.07) is 16.2. The number of rotatable bonds is 14. The van der Waals surface area contributed by atoms with Crippen molar-refractivity contribution in [2.45, 2.75) is 39.9 Å². The smallest absolute Gasteiger partial charge is 0.167 e. The van der Waals surface area contributed by atoms with Crippen LogP contribution in [0.25, 0.3) is 44.3 Å². The number of benzene rings is 2. The molecule has 17 nitrogen and oxygen atoms in total. The Kier molecular flexibility index (Phi) is 14.7. The number of nitrogens with one attached hydrogen (secondary N) is 2. The van der Waals surface area contributed by atoms with E-state index in [-0.39, 0.29) is 28.1 Å². The minimum absolute atomic E-state index is 0.0296. The highest BCUT2D eigenvalue weighted by atomic mass is 35.5. The molecule has 6 aromatic heterocycles. The number of halogens is 5. The average Bonchev–Trinajstić information content (AvgIpc) is 3.92. The summed E-state index contributed by atoms with van der Waals surface area (Å²) in [7, 11) is -6.15. The van der Waals surface area contributed by atoms with Gasteiger partial charge in [-0.15, -0.1) is 0 Å². The zero-order chi connectivity index (χ0) is 53.8. The van der Waals surface area contributed by atoms with Gasteiger partial charge in [0, 0.05) is 126 Å². The Morgan fingerprint density at radius 3 is 1.75 bits per heavy atom. The Morgan fingerprint density at radius 2 is 1.20 bits per heavy atom. The fourth-order valence-electron chi connectivity index (χ4n) is 9.89. The first-order chi connectivity index (χ1) is 35.4. The summed E-state index contributed by atoms with van der Waals surface area (Å²) in [5.74, 6) is 1.59. The van der Waals surface area contributed by atoms with E-state index in [1.807, 2.05) is 60.9 Å². The van der Waals surface area contributed by atoms with Crippen LogP contribution in [0, 0.1) is 28.0 Å². The molecular weight excluding hydrogens is 1090 g/mol. The van der Waals surface area contributed by atoms with Gasteiger partial charge in [-0.2, -0.15) is 15.5 Å². The molecule has 75 heavy (non-hydrogen) atoms. The van der Waals surface area contributed by atoms with Crippen LogP contribution in [0.3, 0.4) is 0 Å². The molecule has 8 heterocycles. The van der Waals surface area contributed by atoms with E-state index in [4.69, 9.17) is 55.9 Å². The number of H-pyrrole nitrogens is 2. The molecule has 10 rings (SSSR count). The lowest BCUT2D eigenvalue weighted by Gasteiger charge is -2.48. The topological polar surface area (TPSA) is 226 Å².